The Balaban J connectivity index is 1.72. The average Bonchev–Trinajstić information content (AvgIpc) is 3.42. The number of urea groups is 1. The zero-order valence-electron chi connectivity index (χ0n) is 18.4. The Morgan fingerprint density at radius 2 is 1.94 bits per heavy atom. The quantitative estimate of drug-likeness (QED) is 0.582. The molecule has 1 N–H and O–H groups in total. The Morgan fingerprint density at radius 3 is 2.65 bits per heavy atom. The molecule has 0 unspecified atom stereocenters. The van der Waals surface area contributed by atoms with Crippen LogP contribution in [-0.2, 0) is 17.9 Å². The largest absolute Gasteiger partial charge is 0.467 e. The van der Waals surface area contributed by atoms with Crippen LogP contribution < -0.4 is 14.8 Å². The molecule has 1 aromatic heterocycles. The summed E-state index contributed by atoms with van der Waals surface area (Å²) in [5.41, 5.74) is 0.910. The maximum absolute atomic E-state index is 13.3. The molecule has 168 valence electrons. The van der Waals surface area contributed by atoms with Gasteiger partial charge in [0.1, 0.15) is 12.3 Å². The van der Waals surface area contributed by atoms with E-state index in [2.05, 4.69) is 12.2 Å². The van der Waals surface area contributed by atoms with Crippen LogP contribution in [-0.4, -0.2) is 47.7 Å². The minimum absolute atomic E-state index is 0.0130. The molecule has 0 fully saturated rings. The van der Waals surface area contributed by atoms with Gasteiger partial charge in [-0.15, -0.1) is 0 Å². The minimum Gasteiger partial charge on any atom is -0.467 e. The van der Waals surface area contributed by atoms with Crippen LogP contribution >= 0.6 is 0 Å². The zero-order valence-corrected chi connectivity index (χ0v) is 18.4. The Labute approximate surface area is 183 Å². The summed E-state index contributed by atoms with van der Waals surface area (Å²) in [5, 5.41) is 2.90. The highest BCUT2D eigenvalue weighted by molar-refractivity contribution is 5.84. The highest BCUT2D eigenvalue weighted by atomic mass is 16.7. The van der Waals surface area contributed by atoms with Crippen LogP contribution in [0.4, 0.5) is 4.79 Å². The molecule has 3 amide bonds. The predicted octanol–water partition coefficient (Wildman–Crippen LogP) is 3.76. The van der Waals surface area contributed by atoms with Gasteiger partial charge in [-0.2, -0.15) is 0 Å². The fourth-order valence-corrected chi connectivity index (χ4v) is 3.29. The first-order chi connectivity index (χ1) is 15.0. The van der Waals surface area contributed by atoms with Gasteiger partial charge in [0.05, 0.1) is 12.8 Å². The monoisotopic (exact) mass is 429 g/mol. The van der Waals surface area contributed by atoms with E-state index in [1.807, 2.05) is 38.1 Å². The van der Waals surface area contributed by atoms with Crippen LogP contribution in [0.2, 0.25) is 0 Å². The van der Waals surface area contributed by atoms with Gasteiger partial charge in [0.2, 0.25) is 12.7 Å². The third-order valence-corrected chi connectivity index (χ3v) is 5.09. The number of fused-ring (bicyclic) bond motifs is 1. The number of carbonyl (C=O) groups excluding carboxylic acids is 2. The number of unbranched alkanes of at least 4 members (excludes halogenated alkanes) is 1. The molecule has 0 radical (unpaired) electrons. The van der Waals surface area contributed by atoms with E-state index in [0.29, 0.717) is 36.9 Å². The normalized spacial score (nSPS) is 12.1. The number of furan rings is 1. The van der Waals surface area contributed by atoms with Crippen molar-refractivity contribution in [3.63, 3.8) is 0 Å². The van der Waals surface area contributed by atoms with Crippen LogP contribution in [0.15, 0.2) is 41.0 Å². The number of carbonyl (C=O) groups is 2. The first kappa shape index (κ1) is 22.5. The van der Waals surface area contributed by atoms with Crippen LogP contribution in [0.25, 0.3) is 0 Å². The minimum atomic E-state index is -0.224. The van der Waals surface area contributed by atoms with Gasteiger partial charge in [-0.25, -0.2) is 4.79 Å². The van der Waals surface area contributed by atoms with Gasteiger partial charge in [0.25, 0.3) is 0 Å². The number of amides is 3. The third kappa shape index (κ3) is 6.16. The second kappa shape index (κ2) is 10.7. The topological polar surface area (TPSA) is 84.3 Å². The smallest absolute Gasteiger partial charge is 0.318 e. The lowest BCUT2D eigenvalue weighted by Gasteiger charge is -2.30. The lowest BCUT2D eigenvalue weighted by atomic mass is 10.1. The maximum atomic E-state index is 13.3. The average molecular weight is 430 g/mol. The van der Waals surface area contributed by atoms with Crippen molar-refractivity contribution in [2.24, 2.45) is 0 Å². The summed E-state index contributed by atoms with van der Waals surface area (Å²) >= 11 is 0. The molecule has 1 aliphatic rings. The number of nitrogens with one attached hydrogen (secondary N) is 1. The Kier molecular flexibility index (Phi) is 7.81. The molecular weight excluding hydrogens is 398 g/mol. The Bertz CT molecular complexity index is 866. The van der Waals surface area contributed by atoms with E-state index in [9.17, 15) is 9.59 Å². The molecule has 2 aromatic rings. The number of rotatable bonds is 10. The summed E-state index contributed by atoms with van der Waals surface area (Å²) < 4.78 is 16.3. The van der Waals surface area contributed by atoms with E-state index >= 15 is 0 Å². The Morgan fingerprint density at radius 1 is 1.13 bits per heavy atom. The standard InChI is InChI=1S/C23H31N3O5/c1-4-5-10-24-23(28)26(17(2)3)15-22(27)25(14-19-7-6-11-29-19)13-18-8-9-20-21(12-18)31-16-30-20/h6-9,11-12,17H,4-5,10,13-16H2,1-3H3,(H,24,28). The maximum Gasteiger partial charge on any atom is 0.318 e. The van der Waals surface area contributed by atoms with Crippen molar-refractivity contribution in [3.05, 3.63) is 47.9 Å². The summed E-state index contributed by atoms with van der Waals surface area (Å²) in [6, 6.07) is 8.92. The second-order valence-electron chi connectivity index (χ2n) is 7.82. The molecule has 31 heavy (non-hydrogen) atoms. The summed E-state index contributed by atoms with van der Waals surface area (Å²) in [6.45, 7) is 7.33. The van der Waals surface area contributed by atoms with Crippen LogP contribution in [0.3, 0.4) is 0 Å². The van der Waals surface area contributed by atoms with Crippen LogP contribution in [0.5, 0.6) is 11.5 Å². The van der Waals surface area contributed by atoms with Gasteiger partial charge in [-0.1, -0.05) is 19.4 Å². The molecule has 0 saturated carbocycles. The first-order valence-corrected chi connectivity index (χ1v) is 10.7. The molecular formula is C23H31N3O5. The predicted molar refractivity (Wildman–Crippen MR) is 116 cm³/mol. The van der Waals surface area contributed by atoms with Crippen LogP contribution in [0, 0.1) is 0 Å². The van der Waals surface area contributed by atoms with Gasteiger partial charge < -0.3 is 29.0 Å². The van der Waals surface area contributed by atoms with E-state index in [-0.39, 0.29) is 31.3 Å². The van der Waals surface area contributed by atoms with Gasteiger partial charge >= 0.3 is 6.03 Å². The van der Waals surface area contributed by atoms with Crippen molar-refractivity contribution >= 4 is 11.9 Å². The van der Waals surface area contributed by atoms with E-state index < -0.39 is 0 Å². The number of benzene rings is 1. The fraction of sp³-hybridized carbons (Fsp3) is 0.478. The van der Waals surface area contributed by atoms with Gasteiger partial charge in [-0.05, 0) is 50.1 Å². The van der Waals surface area contributed by atoms with Crippen molar-refractivity contribution in [2.75, 3.05) is 19.9 Å². The van der Waals surface area contributed by atoms with E-state index in [1.165, 1.54) is 0 Å². The van der Waals surface area contributed by atoms with Crippen molar-refractivity contribution < 1.29 is 23.5 Å². The molecule has 3 rings (SSSR count). The number of hydrogen-bond donors (Lipinski definition) is 1. The van der Waals surface area contributed by atoms with E-state index in [0.717, 1.165) is 18.4 Å². The summed E-state index contributed by atoms with van der Waals surface area (Å²) in [7, 11) is 0. The number of ether oxygens (including phenoxy) is 2. The lowest BCUT2D eigenvalue weighted by Crippen LogP contribution is -2.49. The lowest BCUT2D eigenvalue weighted by molar-refractivity contribution is -0.133. The molecule has 0 saturated heterocycles. The van der Waals surface area contributed by atoms with Crippen molar-refractivity contribution in [3.8, 4) is 11.5 Å². The molecule has 2 heterocycles. The van der Waals surface area contributed by atoms with Gasteiger partial charge in [-0.3, -0.25) is 4.79 Å². The van der Waals surface area contributed by atoms with Gasteiger partial charge in [0, 0.05) is 19.1 Å². The molecule has 1 aliphatic heterocycles. The molecule has 1 aromatic carbocycles. The fourth-order valence-electron chi connectivity index (χ4n) is 3.29. The number of hydrogen-bond acceptors (Lipinski definition) is 5. The second-order valence-corrected chi connectivity index (χ2v) is 7.82. The molecule has 8 heteroatoms. The van der Waals surface area contributed by atoms with Crippen molar-refractivity contribution in [2.45, 2.75) is 52.7 Å². The Hall–Kier alpha value is -3.16. The zero-order chi connectivity index (χ0) is 22.2. The number of nitrogens with zero attached hydrogens (tertiary/aromatic N) is 2. The highest BCUT2D eigenvalue weighted by Crippen LogP contribution is 2.33. The molecule has 0 aliphatic carbocycles. The van der Waals surface area contributed by atoms with E-state index in [4.69, 9.17) is 13.9 Å². The summed E-state index contributed by atoms with van der Waals surface area (Å²) in [5.74, 6) is 1.88. The first-order valence-electron chi connectivity index (χ1n) is 10.7. The SMILES string of the molecule is CCCCNC(=O)N(CC(=O)N(Cc1ccc2c(c1)OCO2)Cc1ccco1)C(C)C. The van der Waals surface area contributed by atoms with Crippen molar-refractivity contribution in [1.82, 2.24) is 15.1 Å². The third-order valence-electron chi connectivity index (χ3n) is 5.09. The van der Waals surface area contributed by atoms with E-state index in [1.54, 1.807) is 22.1 Å². The molecule has 8 nitrogen and oxygen atoms in total. The highest BCUT2D eigenvalue weighted by Gasteiger charge is 2.25. The molecule has 0 atom stereocenters. The van der Waals surface area contributed by atoms with Crippen molar-refractivity contribution in [1.29, 1.82) is 0 Å². The van der Waals surface area contributed by atoms with Crippen LogP contribution in [0.1, 0.15) is 44.9 Å². The summed E-state index contributed by atoms with van der Waals surface area (Å²) in [4.78, 5) is 29.1. The summed E-state index contributed by atoms with van der Waals surface area (Å²) in [6.07, 6.45) is 3.48. The molecule has 0 bridgehead atoms. The molecule has 0 spiro atoms. The van der Waals surface area contributed by atoms with Gasteiger partial charge in [0.15, 0.2) is 11.5 Å².